The number of sulfonamides is 1. The lowest BCUT2D eigenvalue weighted by atomic mass is 10.1. The van der Waals surface area contributed by atoms with Crippen LogP contribution < -0.4 is 14.9 Å². The van der Waals surface area contributed by atoms with E-state index in [1.165, 1.54) is 0 Å². The van der Waals surface area contributed by atoms with Gasteiger partial charge in [0.15, 0.2) is 0 Å². The van der Waals surface area contributed by atoms with Gasteiger partial charge < -0.3 is 9.88 Å². The van der Waals surface area contributed by atoms with Gasteiger partial charge in [-0.05, 0) is 42.8 Å². The first-order valence-corrected chi connectivity index (χ1v) is 10.3. The van der Waals surface area contributed by atoms with Gasteiger partial charge in [0.1, 0.15) is 0 Å². The number of carbonyl (C=O) groups excluding carboxylic acids is 1. The van der Waals surface area contributed by atoms with Crippen LogP contribution in [0.4, 0.5) is 11.4 Å². The zero-order valence-corrected chi connectivity index (χ0v) is 16.0. The van der Waals surface area contributed by atoms with Gasteiger partial charge in [0.25, 0.3) is 5.91 Å². The quantitative estimate of drug-likeness (QED) is 0.714. The molecule has 1 aromatic heterocycles. The van der Waals surface area contributed by atoms with Crippen LogP contribution >= 0.6 is 11.3 Å². The number of nitrogens with one attached hydrogen (secondary N) is 2. The van der Waals surface area contributed by atoms with Crippen molar-refractivity contribution in [2.75, 3.05) is 16.3 Å². The van der Waals surface area contributed by atoms with E-state index in [-0.39, 0.29) is 10.8 Å². The Balaban J connectivity index is 1.91. The van der Waals surface area contributed by atoms with Gasteiger partial charge in [-0.2, -0.15) is 0 Å². The molecule has 1 amide bonds. The first-order valence-electron chi connectivity index (χ1n) is 7.64. The number of aryl methyl sites for hydroxylation is 1. The second-order valence-electron chi connectivity index (χ2n) is 5.92. The molecular weight excluding hydrogens is 374 g/mol. The van der Waals surface area contributed by atoms with Crippen LogP contribution in [0.25, 0.3) is 10.2 Å². The molecule has 0 aliphatic rings. The summed E-state index contributed by atoms with van der Waals surface area (Å²) < 4.78 is 27.6. The van der Waals surface area contributed by atoms with Crippen molar-refractivity contribution in [1.82, 2.24) is 4.57 Å². The summed E-state index contributed by atoms with van der Waals surface area (Å²) in [6.45, 7) is 1.68. The summed E-state index contributed by atoms with van der Waals surface area (Å²) in [5.41, 5.74) is 2.61. The van der Waals surface area contributed by atoms with Crippen LogP contribution in [0.1, 0.15) is 15.9 Å². The molecule has 26 heavy (non-hydrogen) atoms. The van der Waals surface area contributed by atoms with Crippen LogP contribution in [0, 0.1) is 6.92 Å². The molecule has 0 saturated carbocycles. The maximum Gasteiger partial charge on any atom is 0.307 e. The van der Waals surface area contributed by atoms with E-state index in [9.17, 15) is 18.0 Å². The minimum atomic E-state index is -3.44. The largest absolute Gasteiger partial charge is 0.322 e. The van der Waals surface area contributed by atoms with E-state index in [0.717, 1.165) is 27.8 Å². The number of rotatable bonds is 4. The van der Waals surface area contributed by atoms with Crippen molar-refractivity contribution in [2.45, 2.75) is 6.92 Å². The van der Waals surface area contributed by atoms with Crippen LogP contribution in [0.2, 0.25) is 0 Å². The first-order chi connectivity index (χ1) is 12.2. The van der Waals surface area contributed by atoms with Gasteiger partial charge >= 0.3 is 4.87 Å². The molecule has 0 atom stereocenters. The molecule has 0 fully saturated rings. The third-order valence-electron chi connectivity index (χ3n) is 3.92. The van der Waals surface area contributed by atoms with Crippen LogP contribution in [0.3, 0.4) is 0 Å². The van der Waals surface area contributed by atoms with Gasteiger partial charge in [-0.1, -0.05) is 17.4 Å². The molecule has 136 valence electrons. The third kappa shape index (κ3) is 3.63. The molecule has 1 heterocycles. The summed E-state index contributed by atoms with van der Waals surface area (Å²) in [6.07, 6.45) is 1.06. The Morgan fingerprint density at radius 2 is 1.92 bits per heavy atom. The van der Waals surface area contributed by atoms with E-state index in [4.69, 9.17) is 0 Å². The van der Waals surface area contributed by atoms with Crippen LogP contribution in [0.15, 0.2) is 41.2 Å². The fourth-order valence-electron chi connectivity index (χ4n) is 2.60. The van der Waals surface area contributed by atoms with E-state index in [2.05, 4.69) is 10.0 Å². The summed E-state index contributed by atoms with van der Waals surface area (Å²) >= 11 is 1.11. The monoisotopic (exact) mass is 391 g/mol. The predicted octanol–water partition coefficient (Wildman–Crippen LogP) is 2.53. The Bertz CT molecular complexity index is 1180. The molecule has 2 N–H and O–H groups in total. The van der Waals surface area contributed by atoms with Gasteiger partial charge in [0.2, 0.25) is 10.0 Å². The Hall–Kier alpha value is -2.65. The lowest BCUT2D eigenvalue weighted by Gasteiger charge is -2.12. The maximum atomic E-state index is 12.6. The first kappa shape index (κ1) is 18.2. The molecule has 7 nitrogen and oxygen atoms in total. The zero-order valence-electron chi connectivity index (χ0n) is 14.4. The molecule has 0 bridgehead atoms. The number of nitrogens with zero attached hydrogens (tertiary/aromatic N) is 1. The van der Waals surface area contributed by atoms with Gasteiger partial charge in [0, 0.05) is 18.3 Å². The lowest BCUT2D eigenvalue weighted by Crippen LogP contribution is -2.16. The number of thiazole rings is 1. The van der Waals surface area contributed by atoms with Crippen LogP contribution in [-0.4, -0.2) is 25.1 Å². The Kier molecular flexibility index (Phi) is 4.59. The number of amides is 1. The summed E-state index contributed by atoms with van der Waals surface area (Å²) in [4.78, 5) is 24.3. The Morgan fingerprint density at radius 3 is 2.62 bits per heavy atom. The molecular formula is C17H17N3O4S2. The SMILES string of the molecule is Cc1c(NS(C)(=O)=O)cccc1C(=O)Nc1ccc2c(c1)sc(=O)n2C. The van der Waals surface area contributed by atoms with Crippen molar-refractivity contribution < 1.29 is 13.2 Å². The smallest absolute Gasteiger partial charge is 0.307 e. The molecule has 0 unspecified atom stereocenters. The third-order valence-corrected chi connectivity index (χ3v) is 5.51. The summed E-state index contributed by atoms with van der Waals surface area (Å²) in [6, 6.07) is 10.1. The minimum absolute atomic E-state index is 0.0705. The van der Waals surface area contributed by atoms with E-state index < -0.39 is 10.0 Å². The number of aromatic nitrogens is 1. The average Bonchev–Trinajstić information content (AvgIpc) is 2.82. The fourth-order valence-corrected chi connectivity index (χ4v) is 4.14. The normalized spacial score (nSPS) is 11.5. The van der Waals surface area contributed by atoms with Crippen molar-refractivity contribution in [1.29, 1.82) is 0 Å². The van der Waals surface area contributed by atoms with Crippen molar-refractivity contribution in [3.8, 4) is 0 Å². The predicted molar refractivity (Wildman–Crippen MR) is 105 cm³/mol. The van der Waals surface area contributed by atoms with Gasteiger partial charge in [-0.15, -0.1) is 0 Å². The highest BCUT2D eigenvalue weighted by atomic mass is 32.2. The van der Waals surface area contributed by atoms with Crippen molar-refractivity contribution in [2.24, 2.45) is 7.05 Å². The second-order valence-corrected chi connectivity index (χ2v) is 8.66. The van der Waals surface area contributed by atoms with Crippen LogP contribution in [-0.2, 0) is 17.1 Å². The fraction of sp³-hybridized carbons (Fsp3) is 0.176. The highest BCUT2D eigenvalue weighted by molar-refractivity contribution is 7.92. The molecule has 9 heteroatoms. The summed E-state index contributed by atoms with van der Waals surface area (Å²) in [7, 11) is -1.74. The van der Waals surface area contributed by atoms with Crippen LogP contribution in [0.5, 0.6) is 0 Å². The number of hydrogen-bond acceptors (Lipinski definition) is 5. The molecule has 2 aromatic carbocycles. The van der Waals surface area contributed by atoms with E-state index >= 15 is 0 Å². The minimum Gasteiger partial charge on any atom is -0.322 e. The van der Waals surface area contributed by atoms with Gasteiger partial charge in [0.05, 0.1) is 22.2 Å². The Labute approximate surface area is 154 Å². The Morgan fingerprint density at radius 1 is 1.19 bits per heavy atom. The van der Waals surface area contributed by atoms with Crippen molar-refractivity contribution in [3.05, 3.63) is 57.2 Å². The van der Waals surface area contributed by atoms with E-state index in [0.29, 0.717) is 22.5 Å². The number of fused-ring (bicyclic) bond motifs is 1. The molecule has 0 aliphatic carbocycles. The summed E-state index contributed by atoms with van der Waals surface area (Å²) in [5.74, 6) is -0.359. The molecule has 0 saturated heterocycles. The lowest BCUT2D eigenvalue weighted by molar-refractivity contribution is 0.102. The molecule has 0 radical (unpaired) electrons. The highest BCUT2D eigenvalue weighted by Gasteiger charge is 2.14. The zero-order chi connectivity index (χ0) is 19.1. The van der Waals surface area contributed by atoms with Gasteiger partial charge in [-0.3, -0.25) is 14.3 Å². The number of hydrogen-bond donors (Lipinski definition) is 2. The number of anilines is 2. The summed E-state index contributed by atoms with van der Waals surface area (Å²) in [5, 5.41) is 2.79. The maximum absolute atomic E-state index is 12.6. The average molecular weight is 391 g/mol. The number of benzene rings is 2. The van der Waals surface area contributed by atoms with Gasteiger partial charge in [-0.25, -0.2) is 8.42 Å². The van der Waals surface area contributed by atoms with E-state index in [1.807, 2.05) is 0 Å². The topological polar surface area (TPSA) is 97.3 Å². The standard InChI is InChI=1S/C17H17N3O4S2/c1-10-12(5-4-6-13(10)19-26(3,23)24)16(21)18-11-7-8-14-15(9-11)25-17(22)20(14)2/h4-9,19H,1-3H3,(H,18,21). The molecule has 0 aliphatic heterocycles. The van der Waals surface area contributed by atoms with E-state index in [1.54, 1.807) is 54.9 Å². The van der Waals surface area contributed by atoms with Crippen molar-refractivity contribution in [3.63, 3.8) is 0 Å². The highest BCUT2D eigenvalue weighted by Crippen LogP contribution is 2.24. The molecule has 0 spiro atoms. The molecule has 3 aromatic rings. The number of carbonyl (C=O) groups is 1. The second kappa shape index (κ2) is 6.58. The van der Waals surface area contributed by atoms with Crippen molar-refractivity contribution >= 4 is 48.9 Å². The molecule has 3 rings (SSSR count).